The number of aromatic hydroxyl groups is 1. The molecule has 0 aromatic heterocycles. The monoisotopic (exact) mass is 395 g/mol. The zero-order valence-corrected chi connectivity index (χ0v) is 16.5. The standard InChI is InChI=1S/C23H22FNO2S/c1-27-20-10-5-7-17(23(20)26)15-25-13-12-21(16-6-4-8-18(24)14-16)28-22-11-3-2-9-19(22)25/h2-11,14,21,26H,12-13,15H2,1H3/t21-/m0/s1. The molecule has 0 saturated carbocycles. The maximum absolute atomic E-state index is 13.7. The molecule has 5 heteroatoms. The smallest absolute Gasteiger partial charge is 0.162 e. The number of phenols is 1. The largest absolute Gasteiger partial charge is 0.504 e. The van der Waals surface area contributed by atoms with Crippen LogP contribution in [0.15, 0.2) is 71.6 Å². The molecule has 1 atom stereocenters. The van der Waals surface area contributed by atoms with E-state index in [4.69, 9.17) is 4.74 Å². The lowest BCUT2D eigenvalue weighted by atomic mass is 10.1. The number of methoxy groups -OCH3 is 1. The summed E-state index contributed by atoms with van der Waals surface area (Å²) in [4.78, 5) is 3.44. The van der Waals surface area contributed by atoms with E-state index in [0.29, 0.717) is 12.3 Å². The third-order valence-electron chi connectivity index (χ3n) is 5.02. The molecule has 1 N–H and O–H groups in total. The summed E-state index contributed by atoms with van der Waals surface area (Å²) in [5.41, 5.74) is 2.96. The number of anilines is 1. The fraction of sp³-hybridized carbons (Fsp3) is 0.217. The van der Waals surface area contributed by atoms with E-state index in [1.807, 2.05) is 30.3 Å². The van der Waals surface area contributed by atoms with E-state index in [0.717, 1.165) is 34.7 Å². The van der Waals surface area contributed by atoms with Gasteiger partial charge in [-0.25, -0.2) is 4.39 Å². The van der Waals surface area contributed by atoms with Gasteiger partial charge in [0.05, 0.1) is 12.8 Å². The number of phenolic OH excluding ortho intramolecular Hbond substituents is 1. The van der Waals surface area contributed by atoms with Crippen molar-refractivity contribution in [2.45, 2.75) is 23.1 Å². The Hall–Kier alpha value is -2.66. The average molecular weight is 395 g/mol. The summed E-state index contributed by atoms with van der Waals surface area (Å²) in [5.74, 6) is 0.461. The molecule has 0 bridgehead atoms. The molecule has 3 aromatic rings. The Labute approximate surface area is 168 Å². The summed E-state index contributed by atoms with van der Waals surface area (Å²) >= 11 is 1.77. The van der Waals surface area contributed by atoms with E-state index in [1.165, 1.54) is 6.07 Å². The second kappa shape index (κ2) is 8.15. The summed E-state index contributed by atoms with van der Waals surface area (Å²) < 4.78 is 19.0. The first kappa shape index (κ1) is 18.7. The molecule has 3 aromatic carbocycles. The van der Waals surface area contributed by atoms with E-state index in [9.17, 15) is 9.50 Å². The number of nitrogens with zero attached hydrogens (tertiary/aromatic N) is 1. The SMILES string of the molecule is COc1cccc(CN2CC[C@@H](c3cccc(F)c3)Sc3ccccc32)c1O. The van der Waals surface area contributed by atoms with Gasteiger partial charge in [0, 0.05) is 28.8 Å². The first-order valence-corrected chi connectivity index (χ1v) is 10.1. The molecule has 0 unspecified atom stereocenters. The predicted molar refractivity (Wildman–Crippen MR) is 112 cm³/mol. The molecule has 4 rings (SSSR count). The van der Waals surface area contributed by atoms with Crippen molar-refractivity contribution in [3.8, 4) is 11.5 Å². The normalized spacial score (nSPS) is 16.4. The van der Waals surface area contributed by atoms with Gasteiger partial charge in [-0.05, 0) is 42.3 Å². The molecule has 3 nitrogen and oxygen atoms in total. The quantitative estimate of drug-likeness (QED) is 0.607. The molecule has 144 valence electrons. The van der Waals surface area contributed by atoms with Gasteiger partial charge < -0.3 is 14.7 Å². The molecule has 0 saturated heterocycles. The van der Waals surface area contributed by atoms with E-state index in [-0.39, 0.29) is 16.8 Å². The maximum atomic E-state index is 13.7. The molecule has 1 aliphatic heterocycles. The van der Waals surface area contributed by atoms with E-state index < -0.39 is 0 Å². The minimum Gasteiger partial charge on any atom is -0.504 e. The zero-order valence-electron chi connectivity index (χ0n) is 15.6. The molecule has 0 spiro atoms. The number of para-hydroxylation sites is 2. The summed E-state index contributed by atoms with van der Waals surface area (Å²) in [5, 5.41) is 10.7. The van der Waals surface area contributed by atoms with Crippen LogP contribution >= 0.6 is 11.8 Å². The Bertz CT molecular complexity index is 978. The third-order valence-corrected chi connectivity index (χ3v) is 6.41. The van der Waals surface area contributed by atoms with Crippen molar-refractivity contribution in [3.05, 3.63) is 83.7 Å². The number of hydrogen-bond donors (Lipinski definition) is 1. The van der Waals surface area contributed by atoms with Gasteiger partial charge in [0.1, 0.15) is 5.82 Å². The zero-order chi connectivity index (χ0) is 19.5. The Kier molecular flexibility index (Phi) is 5.44. The van der Waals surface area contributed by atoms with Crippen LogP contribution in [0.2, 0.25) is 0 Å². The number of thioether (sulfide) groups is 1. The van der Waals surface area contributed by atoms with Crippen molar-refractivity contribution in [3.63, 3.8) is 0 Å². The van der Waals surface area contributed by atoms with Crippen molar-refractivity contribution in [1.82, 2.24) is 0 Å². The second-order valence-corrected chi connectivity index (χ2v) is 8.05. The maximum Gasteiger partial charge on any atom is 0.162 e. The van der Waals surface area contributed by atoms with E-state index in [2.05, 4.69) is 17.0 Å². The highest BCUT2D eigenvalue weighted by Crippen LogP contribution is 2.46. The van der Waals surface area contributed by atoms with Gasteiger partial charge in [-0.3, -0.25) is 0 Å². The number of benzene rings is 3. The lowest BCUT2D eigenvalue weighted by Gasteiger charge is -2.25. The topological polar surface area (TPSA) is 32.7 Å². The molecule has 28 heavy (non-hydrogen) atoms. The average Bonchev–Trinajstić information content (AvgIpc) is 2.89. The molecule has 1 aliphatic rings. The Morgan fingerprint density at radius 3 is 2.75 bits per heavy atom. The highest BCUT2D eigenvalue weighted by atomic mass is 32.2. The first-order chi connectivity index (χ1) is 13.7. The summed E-state index contributed by atoms with van der Waals surface area (Å²) in [6.07, 6.45) is 0.882. The van der Waals surface area contributed by atoms with Gasteiger partial charge in [-0.15, -0.1) is 11.8 Å². The third kappa shape index (κ3) is 3.80. The summed E-state index contributed by atoms with van der Waals surface area (Å²) in [6, 6.07) is 20.7. The fourth-order valence-corrected chi connectivity index (χ4v) is 4.88. The summed E-state index contributed by atoms with van der Waals surface area (Å²) in [6.45, 7) is 1.39. The van der Waals surface area contributed by atoms with Crippen LogP contribution in [0.3, 0.4) is 0 Å². The van der Waals surface area contributed by atoms with Crippen molar-refractivity contribution in [1.29, 1.82) is 0 Å². The van der Waals surface area contributed by atoms with Gasteiger partial charge in [0.25, 0.3) is 0 Å². The van der Waals surface area contributed by atoms with Crippen LogP contribution in [0.4, 0.5) is 10.1 Å². The number of halogens is 1. The number of fused-ring (bicyclic) bond motifs is 1. The number of rotatable bonds is 4. The molecule has 0 fully saturated rings. The van der Waals surface area contributed by atoms with Gasteiger partial charge in [-0.1, -0.05) is 36.4 Å². The highest BCUT2D eigenvalue weighted by Gasteiger charge is 2.24. The molecular weight excluding hydrogens is 373 g/mol. The first-order valence-electron chi connectivity index (χ1n) is 9.26. The molecule has 1 heterocycles. The minimum atomic E-state index is -0.200. The van der Waals surface area contributed by atoms with Crippen molar-refractivity contribution >= 4 is 17.4 Å². The van der Waals surface area contributed by atoms with Crippen LogP contribution in [0.1, 0.15) is 22.8 Å². The molecule has 0 amide bonds. The number of hydrogen-bond acceptors (Lipinski definition) is 4. The highest BCUT2D eigenvalue weighted by molar-refractivity contribution is 7.99. The van der Waals surface area contributed by atoms with E-state index in [1.54, 1.807) is 37.1 Å². The second-order valence-electron chi connectivity index (χ2n) is 6.81. The van der Waals surface area contributed by atoms with E-state index >= 15 is 0 Å². The Morgan fingerprint density at radius 2 is 1.93 bits per heavy atom. The number of ether oxygens (including phenoxy) is 1. The van der Waals surface area contributed by atoms with Gasteiger partial charge in [0.2, 0.25) is 0 Å². The fourth-order valence-electron chi connectivity index (χ4n) is 3.60. The molecule has 0 radical (unpaired) electrons. The van der Waals surface area contributed by atoms with Crippen molar-refractivity contribution < 1.29 is 14.2 Å². The lowest BCUT2D eigenvalue weighted by molar-refractivity contribution is 0.370. The lowest BCUT2D eigenvalue weighted by Crippen LogP contribution is -2.24. The van der Waals surface area contributed by atoms with Crippen LogP contribution in [0, 0.1) is 5.82 Å². The van der Waals surface area contributed by atoms with Crippen molar-refractivity contribution in [2.75, 3.05) is 18.6 Å². The van der Waals surface area contributed by atoms with Crippen molar-refractivity contribution in [2.24, 2.45) is 0 Å². The molecule has 0 aliphatic carbocycles. The van der Waals surface area contributed by atoms with Gasteiger partial charge >= 0.3 is 0 Å². The van der Waals surface area contributed by atoms with Crippen LogP contribution in [0.25, 0.3) is 0 Å². The predicted octanol–water partition coefficient (Wildman–Crippen LogP) is 5.78. The molecular formula is C23H22FNO2S. The Morgan fingerprint density at radius 1 is 1.11 bits per heavy atom. The van der Waals surface area contributed by atoms with Gasteiger partial charge in [-0.2, -0.15) is 0 Å². The van der Waals surface area contributed by atoms with Crippen LogP contribution in [0.5, 0.6) is 11.5 Å². The minimum absolute atomic E-state index is 0.181. The Balaban J connectivity index is 1.65. The summed E-state index contributed by atoms with van der Waals surface area (Å²) in [7, 11) is 1.56. The van der Waals surface area contributed by atoms with Crippen LogP contribution < -0.4 is 9.64 Å². The van der Waals surface area contributed by atoms with Crippen LogP contribution in [-0.4, -0.2) is 18.8 Å². The van der Waals surface area contributed by atoms with Gasteiger partial charge in [0.15, 0.2) is 11.5 Å². The van der Waals surface area contributed by atoms with Crippen LogP contribution in [-0.2, 0) is 6.54 Å².